The van der Waals surface area contributed by atoms with Crippen LogP contribution in [0.1, 0.15) is 23.2 Å². The maximum absolute atomic E-state index is 10.5. The van der Waals surface area contributed by atoms with Gasteiger partial charge in [0.05, 0.1) is 0 Å². The average Bonchev–Trinajstić information content (AvgIpc) is 2.40. The number of nitrogens with zero attached hydrogens (tertiary/aromatic N) is 1. The van der Waals surface area contributed by atoms with Crippen molar-refractivity contribution >= 4 is 12.2 Å². The smallest absolute Gasteiger partial charge is 0.188 e. The number of likely N-dealkylation sites (tertiary alicyclic amines) is 1. The third-order valence-electron chi connectivity index (χ3n) is 3.10. The molecule has 1 aliphatic rings. The Labute approximate surface area is 106 Å². The second kappa shape index (κ2) is 5.53. The van der Waals surface area contributed by atoms with E-state index in [9.17, 15) is 4.79 Å². The molecule has 2 rings (SSSR count). The minimum absolute atomic E-state index is 0.129. The number of guanidine groups is 1. The zero-order chi connectivity index (χ0) is 13.0. The number of benzene rings is 1. The van der Waals surface area contributed by atoms with Crippen LogP contribution in [0.2, 0.25) is 0 Å². The van der Waals surface area contributed by atoms with Crippen molar-refractivity contribution in [3.8, 4) is 5.75 Å². The van der Waals surface area contributed by atoms with Crippen LogP contribution in [0.15, 0.2) is 24.3 Å². The van der Waals surface area contributed by atoms with E-state index >= 15 is 0 Å². The predicted molar refractivity (Wildman–Crippen MR) is 69.0 cm³/mol. The Morgan fingerprint density at radius 3 is 2.44 bits per heavy atom. The lowest BCUT2D eigenvalue weighted by Gasteiger charge is -2.32. The Balaban J connectivity index is 1.87. The van der Waals surface area contributed by atoms with Crippen LogP contribution in [-0.2, 0) is 0 Å². The highest BCUT2D eigenvalue weighted by molar-refractivity contribution is 5.75. The molecule has 3 N–H and O–H groups in total. The van der Waals surface area contributed by atoms with Gasteiger partial charge in [-0.05, 0) is 24.3 Å². The first-order valence-electron chi connectivity index (χ1n) is 6.00. The minimum atomic E-state index is 0.129. The number of ether oxygens (including phenoxy) is 1. The van der Waals surface area contributed by atoms with Crippen molar-refractivity contribution in [3.05, 3.63) is 29.8 Å². The van der Waals surface area contributed by atoms with Gasteiger partial charge in [0.1, 0.15) is 18.1 Å². The van der Waals surface area contributed by atoms with E-state index in [1.54, 1.807) is 24.3 Å². The number of nitrogens with two attached hydrogens (primary N) is 1. The molecule has 5 nitrogen and oxygen atoms in total. The second-order valence-electron chi connectivity index (χ2n) is 4.38. The van der Waals surface area contributed by atoms with Gasteiger partial charge in [0, 0.05) is 31.5 Å². The Morgan fingerprint density at radius 1 is 1.33 bits per heavy atom. The van der Waals surface area contributed by atoms with E-state index in [1.165, 1.54) is 0 Å². The molecule has 96 valence electrons. The molecule has 0 saturated carbocycles. The summed E-state index contributed by atoms with van der Waals surface area (Å²) < 4.78 is 5.83. The number of rotatable bonds is 3. The maximum Gasteiger partial charge on any atom is 0.188 e. The van der Waals surface area contributed by atoms with Crippen molar-refractivity contribution in [3.63, 3.8) is 0 Å². The van der Waals surface area contributed by atoms with Gasteiger partial charge in [-0.1, -0.05) is 0 Å². The highest BCUT2D eigenvalue weighted by Crippen LogP contribution is 2.19. The summed E-state index contributed by atoms with van der Waals surface area (Å²) in [5.74, 6) is 0.908. The molecule has 0 spiro atoms. The van der Waals surface area contributed by atoms with Crippen molar-refractivity contribution in [1.82, 2.24) is 4.90 Å². The van der Waals surface area contributed by atoms with E-state index in [2.05, 4.69) is 0 Å². The summed E-state index contributed by atoms with van der Waals surface area (Å²) in [6, 6.07) is 7.10. The summed E-state index contributed by atoms with van der Waals surface area (Å²) in [6.07, 6.45) is 2.68. The molecule has 1 heterocycles. The van der Waals surface area contributed by atoms with Gasteiger partial charge in [0.15, 0.2) is 5.96 Å². The molecule has 1 aromatic rings. The van der Waals surface area contributed by atoms with Gasteiger partial charge >= 0.3 is 0 Å². The van der Waals surface area contributed by atoms with Crippen molar-refractivity contribution in [2.45, 2.75) is 18.9 Å². The van der Waals surface area contributed by atoms with Crippen LogP contribution in [0.5, 0.6) is 5.75 Å². The molecule has 5 heteroatoms. The molecular formula is C13H17N3O2. The maximum atomic E-state index is 10.5. The number of nitrogens with one attached hydrogen (secondary N) is 1. The van der Waals surface area contributed by atoms with Gasteiger partial charge in [-0.25, -0.2) is 0 Å². The summed E-state index contributed by atoms with van der Waals surface area (Å²) in [7, 11) is 0. The second-order valence-corrected chi connectivity index (χ2v) is 4.38. The van der Waals surface area contributed by atoms with Crippen molar-refractivity contribution in [2.24, 2.45) is 5.73 Å². The Bertz CT molecular complexity index is 422. The molecule has 0 aliphatic carbocycles. The number of hydrogen-bond acceptors (Lipinski definition) is 3. The largest absolute Gasteiger partial charge is 0.490 e. The van der Waals surface area contributed by atoms with Crippen LogP contribution in [-0.4, -0.2) is 36.3 Å². The quantitative estimate of drug-likeness (QED) is 0.478. The Morgan fingerprint density at radius 2 is 1.94 bits per heavy atom. The highest BCUT2D eigenvalue weighted by Gasteiger charge is 2.20. The molecule has 1 aromatic carbocycles. The number of hydrogen-bond donors (Lipinski definition) is 2. The zero-order valence-electron chi connectivity index (χ0n) is 10.1. The minimum Gasteiger partial charge on any atom is -0.490 e. The van der Waals surface area contributed by atoms with Crippen molar-refractivity contribution in [1.29, 1.82) is 5.41 Å². The monoisotopic (exact) mass is 247 g/mol. The summed E-state index contributed by atoms with van der Waals surface area (Å²) in [5, 5.41) is 7.35. The first kappa shape index (κ1) is 12.4. The van der Waals surface area contributed by atoms with Gasteiger partial charge in [-0.15, -0.1) is 0 Å². The molecule has 1 fully saturated rings. The van der Waals surface area contributed by atoms with Gasteiger partial charge < -0.3 is 15.4 Å². The van der Waals surface area contributed by atoms with Crippen LogP contribution in [0.3, 0.4) is 0 Å². The lowest BCUT2D eigenvalue weighted by Crippen LogP contribution is -2.44. The van der Waals surface area contributed by atoms with Gasteiger partial charge in [0.25, 0.3) is 0 Å². The summed E-state index contributed by atoms with van der Waals surface area (Å²) in [6.45, 7) is 1.51. The van der Waals surface area contributed by atoms with E-state index in [0.29, 0.717) is 5.56 Å². The number of carbonyl (C=O) groups is 1. The summed E-state index contributed by atoms with van der Waals surface area (Å²) >= 11 is 0. The van der Waals surface area contributed by atoms with E-state index < -0.39 is 0 Å². The lowest BCUT2D eigenvalue weighted by atomic mass is 10.1. The molecule has 0 amide bonds. The normalized spacial score (nSPS) is 16.3. The fourth-order valence-corrected chi connectivity index (χ4v) is 2.03. The number of aldehydes is 1. The number of piperidine rings is 1. The highest BCUT2D eigenvalue weighted by atomic mass is 16.5. The fraction of sp³-hybridized carbons (Fsp3) is 0.385. The standard InChI is InChI=1S/C13H17N3O2/c14-13(15)16-7-5-12(6-8-16)18-11-3-1-10(9-17)2-4-11/h1-4,9,12H,5-8H2,(H3,14,15). The predicted octanol–water partition coefficient (Wildman–Crippen LogP) is 1.24. The topological polar surface area (TPSA) is 79.4 Å². The Kier molecular flexibility index (Phi) is 3.82. The van der Waals surface area contributed by atoms with Gasteiger partial charge in [-0.3, -0.25) is 10.2 Å². The molecular weight excluding hydrogens is 230 g/mol. The molecule has 0 aromatic heterocycles. The molecule has 1 aliphatic heterocycles. The Hall–Kier alpha value is -2.04. The van der Waals surface area contributed by atoms with E-state index in [0.717, 1.165) is 38.0 Å². The number of carbonyl (C=O) groups excluding carboxylic acids is 1. The van der Waals surface area contributed by atoms with Crippen LogP contribution in [0, 0.1) is 5.41 Å². The fourth-order valence-electron chi connectivity index (χ4n) is 2.03. The molecule has 18 heavy (non-hydrogen) atoms. The molecule has 0 unspecified atom stereocenters. The molecule has 1 saturated heterocycles. The summed E-state index contributed by atoms with van der Waals surface area (Å²) in [4.78, 5) is 12.4. The average molecular weight is 247 g/mol. The summed E-state index contributed by atoms with van der Waals surface area (Å²) in [5.41, 5.74) is 6.08. The first-order valence-corrected chi connectivity index (χ1v) is 6.00. The lowest BCUT2D eigenvalue weighted by molar-refractivity contribution is 0.112. The van der Waals surface area contributed by atoms with Crippen LogP contribution >= 0.6 is 0 Å². The van der Waals surface area contributed by atoms with Gasteiger partial charge in [0.2, 0.25) is 0 Å². The van der Waals surface area contributed by atoms with Crippen molar-refractivity contribution in [2.75, 3.05) is 13.1 Å². The molecule has 0 radical (unpaired) electrons. The van der Waals surface area contributed by atoms with Crippen LogP contribution < -0.4 is 10.5 Å². The first-order chi connectivity index (χ1) is 8.69. The van der Waals surface area contributed by atoms with Crippen molar-refractivity contribution < 1.29 is 9.53 Å². The molecule has 0 atom stereocenters. The van der Waals surface area contributed by atoms with E-state index in [1.807, 2.05) is 4.90 Å². The molecule has 0 bridgehead atoms. The van der Waals surface area contributed by atoms with E-state index in [-0.39, 0.29) is 12.1 Å². The van der Waals surface area contributed by atoms with Crippen LogP contribution in [0.25, 0.3) is 0 Å². The third-order valence-corrected chi connectivity index (χ3v) is 3.10. The van der Waals surface area contributed by atoms with E-state index in [4.69, 9.17) is 15.9 Å². The van der Waals surface area contributed by atoms with Gasteiger partial charge in [-0.2, -0.15) is 0 Å². The zero-order valence-corrected chi connectivity index (χ0v) is 10.1. The SMILES string of the molecule is N=C(N)N1CCC(Oc2ccc(C=O)cc2)CC1. The third kappa shape index (κ3) is 3.00. The van der Waals surface area contributed by atoms with Crippen LogP contribution in [0.4, 0.5) is 0 Å².